The summed E-state index contributed by atoms with van der Waals surface area (Å²) in [6.07, 6.45) is 4.84. The van der Waals surface area contributed by atoms with Crippen molar-refractivity contribution in [3.63, 3.8) is 0 Å². The maximum Gasteiger partial charge on any atom is 0.263 e. The summed E-state index contributed by atoms with van der Waals surface area (Å²) in [6, 6.07) is 14.7. The van der Waals surface area contributed by atoms with Gasteiger partial charge >= 0.3 is 0 Å². The number of fused-ring (bicyclic) bond motifs is 2. The first kappa shape index (κ1) is 20.8. The highest BCUT2D eigenvalue weighted by molar-refractivity contribution is 5.80. The van der Waals surface area contributed by atoms with E-state index >= 15 is 0 Å². The molecule has 0 bridgehead atoms. The van der Waals surface area contributed by atoms with Crippen molar-refractivity contribution in [2.24, 2.45) is 11.1 Å². The third kappa shape index (κ3) is 3.02. The molecule has 0 amide bonds. The van der Waals surface area contributed by atoms with Gasteiger partial charge in [0.25, 0.3) is 5.56 Å². The van der Waals surface area contributed by atoms with Crippen LogP contribution in [0.2, 0.25) is 0 Å². The Hall–Kier alpha value is -3.52. The van der Waals surface area contributed by atoms with Crippen LogP contribution in [0, 0.1) is 12.3 Å². The van der Waals surface area contributed by atoms with Gasteiger partial charge in [-0.15, -0.1) is 0 Å². The Kier molecular flexibility index (Phi) is 4.31. The fraction of sp³-hybridized carbons (Fsp3) is 0.407. The van der Waals surface area contributed by atoms with E-state index in [0.29, 0.717) is 17.0 Å². The van der Waals surface area contributed by atoms with Gasteiger partial charge in [-0.05, 0) is 67.7 Å². The minimum atomic E-state index is -0.300. The standard InChI is InChI=1S/C27H29N7O/c1-16-5-4-8-19(29-16)27(9-10-27)22-20-23(33-32-22)30-25(31-24(20)35)34-13-11-26(12-14-34)15-17-6-2-3-7-18(17)21(26)28/h2-8,21H,9-15,28H2,1H3,(H2,30,31,32,33,35)/t21-/m1/s1. The van der Waals surface area contributed by atoms with Crippen LogP contribution < -0.4 is 16.2 Å². The average molecular weight is 468 g/mol. The molecule has 7 rings (SSSR count). The molecule has 3 aromatic heterocycles. The summed E-state index contributed by atoms with van der Waals surface area (Å²) < 4.78 is 0. The van der Waals surface area contributed by atoms with Crippen molar-refractivity contribution in [1.82, 2.24) is 25.1 Å². The van der Waals surface area contributed by atoms with Crippen molar-refractivity contribution < 1.29 is 0 Å². The number of rotatable bonds is 3. The number of benzene rings is 1. The summed E-state index contributed by atoms with van der Waals surface area (Å²) in [6.45, 7) is 3.62. The molecule has 1 aliphatic heterocycles. The minimum absolute atomic E-state index is 0.0652. The molecule has 1 saturated heterocycles. The summed E-state index contributed by atoms with van der Waals surface area (Å²) in [7, 11) is 0. The number of pyridine rings is 1. The van der Waals surface area contributed by atoms with Crippen LogP contribution in [0.25, 0.3) is 11.0 Å². The van der Waals surface area contributed by atoms with E-state index in [4.69, 9.17) is 15.7 Å². The minimum Gasteiger partial charge on any atom is -0.342 e. The second kappa shape index (κ2) is 7.24. The number of nitrogens with zero attached hydrogens (tertiary/aromatic N) is 4. The van der Waals surface area contributed by atoms with Crippen LogP contribution in [-0.4, -0.2) is 38.2 Å². The van der Waals surface area contributed by atoms with E-state index in [1.165, 1.54) is 11.1 Å². The predicted molar refractivity (Wildman–Crippen MR) is 134 cm³/mol. The number of H-pyrrole nitrogens is 2. The molecule has 8 nitrogen and oxygen atoms in total. The number of nitrogens with two attached hydrogens (primary N) is 1. The SMILES string of the molecule is Cc1cccc(C2(c3n[nH]c4nc(N5CCC6(CC5)Cc5ccccc5[C@H]6N)[nH]c(=O)c34)CC2)n1. The number of aromatic nitrogens is 5. The number of anilines is 1. The normalized spacial score (nSPS) is 22.0. The summed E-state index contributed by atoms with van der Waals surface area (Å²) in [5.74, 6) is 0.607. The van der Waals surface area contributed by atoms with E-state index in [9.17, 15) is 4.79 Å². The molecule has 1 aromatic carbocycles. The number of nitrogens with one attached hydrogen (secondary N) is 2. The lowest BCUT2D eigenvalue weighted by Gasteiger charge is -2.42. The Morgan fingerprint density at radius 1 is 1.03 bits per heavy atom. The van der Waals surface area contributed by atoms with Crippen LogP contribution in [0.15, 0.2) is 47.3 Å². The lowest BCUT2D eigenvalue weighted by atomic mass is 9.73. The van der Waals surface area contributed by atoms with Gasteiger partial charge in [0.15, 0.2) is 5.65 Å². The lowest BCUT2D eigenvalue weighted by molar-refractivity contribution is 0.187. The van der Waals surface area contributed by atoms with Crippen LogP contribution >= 0.6 is 0 Å². The molecule has 3 aliphatic rings. The maximum absolute atomic E-state index is 13.3. The van der Waals surface area contributed by atoms with Crippen LogP contribution in [-0.2, 0) is 11.8 Å². The number of hydrogen-bond donors (Lipinski definition) is 3. The van der Waals surface area contributed by atoms with Crippen molar-refractivity contribution in [1.29, 1.82) is 0 Å². The average Bonchev–Trinajstić information content (AvgIpc) is 3.48. The molecule has 4 N–H and O–H groups in total. The smallest absolute Gasteiger partial charge is 0.263 e. The largest absolute Gasteiger partial charge is 0.342 e. The van der Waals surface area contributed by atoms with Gasteiger partial charge in [0, 0.05) is 24.8 Å². The molecule has 2 aliphatic carbocycles. The predicted octanol–water partition coefficient (Wildman–Crippen LogP) is 3.27. The first-order chi connectivity index (χ1) is 17.0. The van der Waals surface area contributed by atoms with Gasteiger partial charge in [0.05, 0.1) is 16.8 Å². The molecular formula is C27H29N7O. The first-order valence-electron chi connectivity index (χ1n) is 12.5. The number of aryl methyl sites for hydroxylation is 1. The van der Waals surface area contributed by atoms with E-state index in [1.807, 2.05) is 25.1 Å². The van der Waals surface area contributed by atoms with Crippen molar-refractivity contribution in [2.45, 2.75) is 50.5 Å². The molecule has 4 heterocycles. The highest BCUT2D eigenvalue weighted by atomic mass is 16.1. The van der Waals surface area contributed by atoms with E-state index in [2.05, 4.69) is 44.3 Å². The molecule has 8 heteroatoms. The van der Waals surface area contributed by atoms with Gasteiger partial charge in [-0.2, -0.15) is 10.1 Å². The summed E-state index contributed by atoms with van der Waals surface area (Å²) in [5.41, 5.74) is 12.3. The van der Waals surface area contributed by atoms with Crippen molar-refractivity contribution in [3.8, 4) is 0 Å². The van der Waals surface area contributed by atoms with Gasteiger partial charge in [-0.25, -0.2) is 0 Å². The Bertz CT molecular complexity index is 1510. The molecule has 4 aromatic rings. The van der Waals surface area contributed by atoms with E-state index in [0.717, 1.165) is 62.3 Å². The zero-order chi connectivity index (χ0) is 23.8. The van der Waals surface area contributed by atoms with Gasteiger partial charge in [0.2, 0.25) is 5.95 Å². The van der Waals surface area contributed by atoms with E-state index in [1.54, 1.807) is 0 Å². The topological polar surface area (TPSA) is 117 Å². The number of piperidine rings is 1. The molecule has 0 radical (unpaired) electrons. The third-order valence-corrected chi connectivity index (χ3v) is 8.65. The summed E-state index contributed by atoms with van der Waals surface area (Å²) in [4.78, 5) is 28.1. The van der Waals surface area contributed by atoms with Crippen LogP contribution in [0.5, 0.6) is 0 Å². The number of hydrogen-bond acceptors (Lipinski definition) is 6. The highest BCUT2D eigenvalue weighted by Gasteiger charge is 2.51. The Labute approximate surface area is 203 Å². The fourth-order valence-electron chi connectivity index (χ4n) is 6.44. The van der Waals surface area contributed by atoms with Crippen LogP contribution in [0.1, 0.15) is 59.9 Å². The number of aromatic amines is 2. The maximum atomic E-state index is 13.3. The van der Waals surface area contributed by atoms with Gasteiger partial charge in [0.1, 0.15) is 5.39 Å². The molecule has 178 valence electrons. The fourth-order valence-corrected chi connectivity index (χ4v) is 6.44. The van der Waals surface area contributed by atoms with Crippen LogP contribution in [0.4, 0.5) is 5.95 Å². The monoisotopic (exact) mass is 467 g/mol. The molecule has 0 unspecified atom stereocenters. The van der Waals surface area contributed by atoms with E-state index < -0.39 is 0 Å². The summed E-state index contributed by atoms with van der Waals surface area (Å²) >= 11 is 0. The molecule has 1 spiro atoms. The second-order valence-electron chi connectivity index (χ2n) is 10.6. The van der Waals surface area contributed by atoms with Gasteiger partial charge in [-0.3, -0.25) is 19.9 Å². The molecule has 2 fully saturated rings. The molecule has 1 saturated carbocycles. The van der Waals surface area contributed by atoms with Crippen LogP contribution in [0.3, 0.4) is 0 Å². The lowest BCUT2D eigenvalue weighted by Crippen LogP contribution is -2.45. The van der Waals surface area contributed by atoms with Crippen molar-refractivity contribution in [3.05, 3.63) is 81.0 Å². The third-order valence-electron chi connectivity index (χ3n) is 8.65. The van der Waals surface area contributed by atoms with Gasteiger partial charge in [-0.1, -0.05) is 30.3 Å². The Balaban J connectivity index is 1.17. The van der Waals surface area contributed by atoms with Crippen molar-refractivity contribution in [2.75, 3.05) is 18.0 Å². The van der Waals surface area contributed by atoms with Gasteiger partial charge < -0.3 is 10.6 Å². The van der Waals surface area contributed by atoms with Crippen molar-refractivity contribution >= 4 is 17.0 Å². The molecular weight excluding hydrogens is 438 g/mol. The van der Waals surface area contributed by atoms with E-state index in [-0.39, 0.29) is 22.4 Å². The Morgan fingerprint density at radius 2 is 1.83 bits per heavy atom. The zero-order valence-electron chi connectivity index (χ0n) is 19.8. The molecule has 1 atom stereocenters. The first-order valence-corrected chi connectivity index (χ1v) is 12.5. The quantitative estimate of drug-likeness (QED) is 0.426. The molecule has 35 heavy (non-hydrogen) atoms. The Morgan fingerprint density at radius 3 is 2.57 bits per heavy atom. The second-order valence-corrected chi connectivity index (χ2v) is 10.6. The zero-order valence-corrected chi connectivity index (χ0v) is 19.8. The summed E-state index contributed by atoms with van der Waals surface area (Å²) in [5, 5.41) is 8.19. The highest BCUT2D eigenvalue weighted by Crippen LogP contribution is 2.53.